The first-order valence-electron chi connectivity index (χ1n) is 14.4. The van der Waals surface area contributed by atoms with Crippen LogP contribution in [0, 0.1) is 5.41 Å². The van der Waals surface area contributed by atoms with Crippen molar-refractivity contribution in [2.75, 3.05) is 23.8 Å². The minimum atomic E-state index is -1.16. The molecule has 4 atom stereocenters. The van der Waals surface area contributed by atoms with Crippen molar-refractivity contribution in [2.24, 2.45) is 5.41 Å². The monoisotopic (exact) mass is 687 g/mol. The van der Waals surface area contributed by atoms with Gasteiger partial charge in [0, 0.05) is 21.5 Å². The molecular formula is C33H35Cl2N3O7S. The van der Waals surface area contributed by atoms with E-state index >= 15 is 0 Å². The zero-order valence-corrected chi connectivity index (χ0v) is 27.7. The normalized spacial score (nSPS) is 17.4. The fourth-order valence-electron chi connectivity index (χ4n) is 4.81. The van der Waals surface area contributed by atoms with Gasteiger partial charge in [-0.05, 0) is 65.1 Å². The number of carbonyl (C=O) groups excluding carboxylic acids is 3. The van der Waals surface area contributed by atoms with Gasteiger partial charge in [0.15, 0.2) is 6.61 Å². The van der Waals surface area contributed by atoms with E-state index in [1.54, 1.807) is 86.3 Å². The van der Waals surface area contributed by atoms with Crippen molar-refractivity contribution in [3.8, 4) is 5.75 Å². The third-order valence-electron chi connectivity index (χ3n) is 7.29. The van der Waals surface area contributed by atoms with Crippen LogP contribution in [0.3, 0.4) is 0 Å². The number of amides is 3. The Labute approximate surface area is 281 Å². The summed E-state index contributed by atoms with van der Waals surface area (Å²) in [7, 11) is 0. The Hall–Kier alpha value is -3.77. The third-order valence-corrected chi connectivity index (χ3v) is 9.13. The maximum atomic E-state index is 13.4. The van der Waals surface area contributed by atoms with Gasteiger partial charge in [0.05, 0.1) is 18.7 Å². The number of nitrogens with one attached hydrogen (secondary N) is 2. The van der Waals surface area contributed by atoms with Crippen molar-refractivity contribution in [3.05, 3.63) is 94.0 Å². The second kappa shape index (κ2) is 15.2. The molecule has 46 heavy (non-hydrogen) atoms. The Kier molecular flexibility index (Phi) is 11.6. The first-order valence-corrected chi connectivity index (χ1v) is 16.2. The van der Waals surface area contributed by atoms with Crippen molar-refractivity contribution in [1.29, 1.82) is 0 Å². The molecule has 4 rings (SSSR count). The van der Waals surface area contributed by atoms with Gasteiger partial charge < -0.3 is 30.5 Å². The number of thioether (sulfide) groups is 1. The molecule has 0 aliphatic carbocycles. The Morgan fingerprint density at radius 3 is 2.09 bits per heavy atom. The Balaban J connectivity index is 1.37. The molecule has 1 aliphatic rings. The van der Waals surface area contributed by atoms with E-state index in [1.807, 2.05) is 12.1 Å². The van der Waals surface area contributed by atoms with Crippen molar-refractivity contribution in [1.82, 2.24) is 10.6 Å². The highest BCUT2D eigenvalue weighted by Gasteiger charge is 2.49. The smallest absolute Gasteiger partial charge is 0.326 e. The zero-order valence-electron chi connectivity index (χ0n) is 25.4. The average molecular weight is 689 g/mol. The standard InChI is InChI=1S/C33H35Cl2N3O7S/c1-33(2,3)30(32(43)44)37-26(40)16-36-27(41)17-45-24-14-6-20(7-15-24)28-29(31(42)38(28)23-12-10-22(35)11-13-23)46-18-25(39)19-4-8-21(34)9-5-19/h4-15,25,28-30,39H,16-18H2,1-3H3,(H,36,41)(H,37,40)(H,43,44)/t25?,28?,29-,30+/m1/s1. The molecule has 0 spiro atoms. The van der Waals surface area contributed by atoms with E-state index in [1.165, 1.54) is 11.8 Å². The second-order valence-electron chi connectivity index (χ2n) is 11.8. The fraction of sp³-hybridized carbons (Fsp3) is 0.333. The number of ether oxygens (including phenoxy) is 1. The van der Waals surface area contributed by atoms with Crippen molar-refractivity contribution >= 4 is 64.3 Å². The zero-order chi connectivity index (χ0) is 33.6. The summed E-state index contributed by atoms with van der Waals surface area (Å²) in [5.74, 6) is -1.76. The van der Waals surface area contributed by atoms with E-state index in [0.29, 0.717) is 32.8 Å². The van der Waals surface area contributed by atoms with E-state index in [0.717, 1.165) is 5.56 Å². The third kappa shape index (κ3) is 8.94. The number of carbonyl (C=O) groups is 4. The predicted molar refractivity (Wildman–Crippen MR) is 178 cm³/mol. The van der Waals surface area contributed by atoms with Gasteiger partial charge in [-0.1, -0.05) is 68.2 Å². The highest BCUT2D eigenvalue weighted by molar-refractivity contribution is 8.00. The number of β-lactam (4-membered cyclic amide) rings is 1. The number of hydrogen-bond acceptors (Lipinski definition) is 7. The van der Waals surface area contributed by atoms with Gasteiger partial charge in [0.25, 0.3) is 5.91 Å². The van der Waals surface area contributed by atoms with Gasteiger partial charge in [0.2, 0.25) is 11.8 Å². The van der Waals surface area contributed by atoms with Gasteiger partial charge in [-0.2, -0.15) is 0 Å². The molecule has 3 aromatic carbocycles. The number of halogens is 2. The van der Waals surface area contributed by atoms with Crippen LogP contribution in [-0.2, 0) is 19.2 Å². The molecule has 10 nitrogen and oxygen atoms in total. The molecule has 2 unspecified atom stereocenters. The summed E-state index contributed by atoms with van der Waals surface area (Å²) in [4.78, 5) is 51.0. The number of aliphatic carboxylic acids is 1. The van der Waals surface area contributed by atoms with Crippen LogP contribution < -0.4 is 20.3 Å². The highest BCUT2D eigenvalue weighted by atomic mass is 35.5. The summed E-state index contributed by atoms with van der Waals surface area (Å²) in [6, 6.07) is 19.4. The molecule has 244 valence electrons. The lowest BCUT2D eigenvalue weighted by atomic mass is 9.87. The molecule has 3 amide bonds. The molecule has 4 N–H and O–H groups in total. The molecule has 1 fully saturated rings. The SMILES string of the molecule is CC(C)(C)[C@@H](NC(=O)CNC(=O)COc1ccc(C2[C@@H](SCC(O)c3ccc(Cl)cc3)C(=O)N2c2ccc(Cl)cc2)cc1)C(=O)O. The minimum Gasteiger partial charge on any atom is -0.484 e. The topological polar surface area (TPSA) is 145 Å². The van der Waals surface area contributed by atoms with E-state index in [-0.39, 0.29) is 18.6 Å². The van der Waals surface area contributed by atoms with Gasteiger partial charge in [-0.25, -0.2) is 4.79 Å². The van der Waals surface area contributed by atoms with Gasteiger partial charge in [0.1, 0.15) is 17.0 Å². The lowest BCUT2D eigenvalue weighted by Gasteiger charge is -2.47. The summed E-state index contributed by atoms with van der Waals surface area (Å²) in [5.41, 5.74) is 1.51. The Morgan fingerprint density at radius 2 is 1.52 bits per heavy atom. The first kappa shape index (κ1) is 35.1. The Bertz CT molecular complexity index is 1550. The molecule has 13 heteroatoms. The maximum Gasteiger partial charge on any atom is 0.326 e. The number of nitrogens with zero attached hydrogens (tertiary/aromatic N) is 1. The number of rotatable bonds is 13. The molecule has 0 aromatic heterocycles. The van der Waals surface area contributed by atoms with E-state index in [9.17, 15) is 29.4 Å². The lowest BCUT2D eigenvalue weighted by Crippen LogP contribution is -2.57. The van der Waals surface area contributed by atoms with Crippen LogP contribution in [0.1, 0.15) is 44.0 Å². The molecule has 0 bridgehead atoms. The Morgan fingerprint density at radius 1 is 0.935 bits per heavy atom. The maximum absolute atomic E-state index is 13.4. The summed E-state index contributed by atoms with van der Waals surface area (Å²) in [5, 5.41) is 25.6. The van der Waals surface area contributed by atoms with Crippen LogP contribution >= 0.6 is 35.0 Å². The molecule has 1 heterocycles. The van der Waals surface area contributed by atoms with Crippen LogP contribution in [0.2, 0.25) is 10.0 Å². The minimum absolute atomic E-state index is 0.0983. The lowest BCUT2D eigenvalue weighted by molar-refractivity contribution is -0.144. The quantitative estimate of drug-likeness (QED) is 0.183. The van der Waals surface area contributed by atoms with Crippen LogP contribution in [0.25, 0.3) is 0 Å². The number of anilines is 1. The predicted octanol–water partition coefficient (Wildman–Crippen LogP) is 5.03. The van der Waals surface area contributed by atoms with Crippen LogP contribution in [0.5, 0.6) is 5.75 Å². The number of aliphatic hydroxyl groups excluding tert-OH is 1. The van der Waals surface area contributed by atoms with E-state index in [4.69, 9.17) is 27.9 Å². The number of benzene rings is 3. The number of carboxylic acid groups (broad SMARTS) is 1. The summed E-state index contributed by atoms with van der Waals surface area (Å²) < 4.78 is 5.59. The summed E-state index contributed by atoms with van der Waals surface area (Å²) >= 11 is 13.4. The largest absolute Gasteiger partial charge is 0.484 e. The molecule has 0 radical (unpaired) electrons. The van der Waals surface area contributed by atoms with Gasteiger partial charge in [-0.3, -0.25) is 14.4 Å². The van der Waals surface area contributed by atoms with Crippen LogP contribution in [-0.4, -0.2) is 64.1 Å². The highest BCUT2D eigenvalue weighted by Crippen LogP contribution is 2.46. The fourth-order valence-corrected chi connectivity index (χ4v) is 6.37. The molecule has 1 saturated heterocycles. The van der Waals surface area contributed by atoms with Gasteiger partial charge >= 0.3 is 5.97 Å². The van der Waals surface area contributed by atoms with Crippen LogP contribution in [0.4, 0.5) is 5.69 Å². The number of carboxylic acids is 1. The second-order valence-corrected chi connectivity index (χ2v) is 13.8. The first-order chi connectivity index (χ1) is 21.7. The molecule has 0 saturated carbocycles. The van der Waals surface area contributed by atoms with Crippen LogP contribution in [0.15, 0.2) is 72.8 Å². The van der Waals surface area contributed by atoms with E-state index in [2.05, 4.69) is 10.6 Å². The van der Waals surface area contributed by atoms with Crippen molar-refractivity contribution < 1.29 is 34.1 Å². The van der Waals surface area contributed by atoms with Crippen molar-refractivity contribution in [2.45, 2.75) is 44.2 Å². The van der Waals surface area contributed by atoms with Gasteiger partial charge in [-0.15, -0.1) is 11.8 Å². The average Bonchev–Trinajstić information content (AvgIpc) is 3.01. The molecular weight excluding hydrogens is 653 g/mol. The number of hydrogen-bond donors (Lipinski definition) is 4. The van der Waals surface area contributed by atoms with E-state index < -0.39 is 47.1 Å². The number of aliphatic hydroxyl groups is 1. The summed E-state index contributed by atoms with van der Waals surface area (Å²) in [6.07, 6.45) is -0.787. The molecule has 3 aromatic rings. The molecule has 1 aliphatic heterocycles. The van der Waals surface area contributed by atoms with Crippen molar-refractivity contribution in [3.63, 3.8) is 0 Å². The summed E-state index contributed by atoms with van der Waals surface area (Å²) in [6.45, 7) is 4.30.